The monoisotopic (exact) mass is 298 g/mol. The average molecular weight is 299 g/mol. The van der Waals surface area contributed by atoms with Crippen LogP contribution < -0.4 is 0 Å². The van der Waals surface area contributed by atoms with Gasteiger partial charge in [0, 0.05) is 12.1 Å². The summed E-state index contributed by atoms with van der Waals surface area (Å²) >= 11 is 5.95. The topological polar surface area (TPSA) is 17.8 Å². The van der Waals surface area contributed by atoms with Crippen LogP contribution in [0.4, 0.5) is 8.78 Å². The Hall–Kier alpha value is -1.16. The highest BCUT2D eigenvalue weighted by Crippen LogP contribution is 2.37. The summed E-state index contributed by atoms with van der Waals surface area (Å²) in [6.07, 6.45) is 4.75. The summed E-state index contributed by atoms with van der Waals surface area (Å²) in [7, 11) is 0. The Labute approximate surface area is 121 Å². The van der Waals surface area contributed by atoms with Gasteiger partial charge in [-0.15, -0.1) is 11.6 Å². The molecule has 108 valence electrons. The van der Waals surface area contributed by atoms with Gasteiger partial charge in [0.15, 0.2) is 5.82 Å². The van der Waals surface area contributed by atoms with Crippen LogP contribution in [-0.2, 0) is 5.88 Å². The number of imidazole rings is 1. The van der Waals surface area contributed by atoms with Crippen molar-refractivity contribution in [2.45, 2.75) is 44.5 Å². The van der Waals surface area contributed by atoms with E-state index in [9.17, 15) is 8.78 Å². The summed E-state index contributed by atoms with van der Waals surface area (Å²) in [5.41, 5.74) is 0.726. The smallest absolute Gasteiger partial charge is 0.153 e. The third-order valence-electron chi connectivity index (χ3n) is 4.40. The van der Waals surface area contributed by atoms with Crippen LogP contribution in [0.15, 0.2) is 12.1 Å². The fraction of sp³-hybridized carbons (Fsp3) is 0.533. The standard InChI is InChI=1S/C15H17ClF2N2/c1-9(10-4-2-3-5-10)20-13-7-11(17)6-12(18)15(13)19-14(20)8-16/h6-7,9-10H,2-5,8H2,1H3. The van der Waals surface area contributed by atoms with Crippen LogP contribution in [0.3, 0.4) is 0 Å². The van der Waals surface area contributed by atoms with Gasteiger partial charge in [-0.3, -0.25) is 0 Å². The van der Waals surface area contributed by atoms with Gasteiger partial charge in [0.2, 0.25) is 0 Å². The van der Waals surface area contributed by atoms with Crippen LogP contribution in [0.5, 0.6) is 0 Å². The second kappa shape index (κ2) is 5.32. The molecule has 20 heavy (non-hydrogen) atoms. The van der Waals surface area contributed by atoms with Crippen molar-refractivity contribution in [3.63, 3.8) is 0 Å². The van der Waals surface area contributed by atoms with Crippen molar-refractivity contribution < 1.29 is 8.78 Å². The summed E-state index contributed by atoms with van der Waals surface area (Å²) in [6.45, 7) is 2.09. The lowest BCUT2D eigenvalue weighted by atomic mass is 9.99. The fourth-order valence-electron chi connectivity index (χ4n) is 3.37. The van der Waals surface area contributed by atoms with Gasteiger partial charge in [-0.2, -0.15) is 0 Å². The quantitative estimate of drug-likeness (QED) is 0.744. The van der Waals surface area contributed by atoms with Crippen LogP contribution >= 0.6 is 11.6 Å². The predicted molar refractivity (Wildman–Crippen MR) is 75.9 cm³/mol. The van der Waals surface area contributed by atoms with Gasteiger partial charge in [0.25, 0.3) is 0 Å². The van der Waals surface area contributed by atoms with E-state index >= 15 is 0 Å². The minimum atomic E-state index is -0.622. The SMILES string of the molecule is CC(C1CCCC1)n1c(CCl)nc2c(F)cc(F)cc21. The molecule has 1 heterocycles. The maximum absolute atomic E-state index is 13.9. The molecule has 3 rings (SSSR count). The van der Waals surface area contributed by atoms with Gasteiger partial charge < -0.3 is 4.57 Å². The van der Waals surface area contributed by atoms with E-state index in [4.69, 9.17) is 11.6 Å². The Morgan fingerprint density at radius 2 is 2.05 bits per heavy atom. The molecule has 1 aromatic heterocycles. The second-order valence-electron chi connectivity index (χ2n) is 5.57. The van der Waals surface area contributed by atoms with Gasteiger partial charge in [-0.05, 0) is 31.7 Å². The minimum absolute atomic E-state index is 0.164. The van der Waals surface area contributed by atoms with E-state index in [0.29, 0.717) is 17.3 Å². The molecule has 0 amide bonds. The first kappa shape index (κ1) is 13.8. The van der Waals surface area contributed by atoms with E-state index in [1.54, 1.807) is 0 Å². The summed E-state index contributed by atoms with van der Waals surface area (Å²) in [4.78, 5) is 4.25. The van der Waals surface area contributed by atoms with Crippen molar-refractivity contribution in [1.82, 2.24) is 9.55 Å². The maximum atomic E-state index is 13.9. The molecule has 1 aliphatic rings. The molecule has 0 N–H and O–H groups in total. The van der Waals surface area contributed by atoms with E-state index in [-0.39, 0.29) is 17.4 Å². The molecule has 1 aromatic carbocycles. The van der Waals surface area contributed by atoms with Crippen LogP contribution in [0.25, 0.3) is 11.0 Å². The molecule has 0 radical (unpaired) electrons. The normalized spacial score (nSPS) is 18.0. The van der Waals surface area contributed by atoms with Gasteiger partial charge >= 0.3 is 0 Å². The molecule has 0 saturated heterocycles. The van der Waals surface area contributed by atoms with E-state index in [1.807, 2.05) is 4.57 Å². The molecule has 1 aliphatic carbocycles. The van der Waals surface area contributed by atoms with Crippen LogP contribution in [0.1, 0.15) is 44.5 Å². The molecule has 1 unspecified atom stereocenters. The summed E-state index contributed by atoms with van der Waals surface area (Å²) in [5.74, 6) is 0.151. The zero-order valence-corrected chi connectivity index (χ0v) is 12.1. The molecule has 1 saturated carbocycles. The Morgan fingerprint density at radius 1 is 1.35 bits per heavy atom. The molecular weight excluding hydrogens is 282 g/mol. The highest BCUT2D eigenvalue weighted by Gasteiger charge is 2.26. The molecule has 0 aliphatic heterocycles. The molecule has 1 atom stereocenters. The van der Waals surface area contributed by atoms with Crippen molar-refractivity contribution in [2.75, 3.05) is 0 Å². The lowest BCUT2D eigenvalue weighted by Gasteiger charge is -2.23. The summed E-state index contributed by atoms with van der Waals surface area (Å²) in [6, 6.07) is 2.39. The van der Waals surface area contributed by atoms with Crippen molar-refractivity contribution in [3.8, 4) is 0 Å². The summed E-state index contributed by atoms with van der Waals surface area (Å²) < 4.78 is 29.3. The number of benzene rings is 1. The third kappa shape index (κ3) is 2.20. The molecular formula is C15H17ClF2N2. The Bertz CT molecular complexity index is 632. The van der Waals surface area contributed by atoms with E-state index in [1.165, 1.54) is 18.9 Å². The number of alkyl halides is 1. The number of fused-ring (bicyclic) bond motifs is 1. The molecule has 0 bridgehead atoms. The molecule has 2 aromatic rings. The minimum Gasteiger partial charge on any atom is -0.324 e. The van der Waals surface area contributed by atoms with Crippen LogP contribution in [-0.4, -0.2) is 9.55 Å². The Balaban J connectivity index is 2.16. The van der Waals surface area contributed by atoms with E-state index < -0.39 is 11.6 Å². The fourth-order valence-corrected chi connectivity index (χ4v) is 3.56. The lowest BCUT2D eigenvalue weighted by molar-refractivity contribution is 0.361. The van der Waals surface area contributed by atoms with Crippen LogP contribution in [0, 0.1) is 17.6 Å². The first-order valence-electron chi connectivity index (χ1n) is 7.03. The van der Waals surface area contributed by atoms with Gasteiger partial charge in [-0.25, -0.2) is 13.8 Å². The maximum Gasteiger partial charge on any atom is 0.153 e. The number of halogens is 3. The van der Waals surface area contributed by atoms with Crippen molar-refractivity contribution >= 4 is 22.6 Å². The van der Waals surface area contributed by atoms with Crippen molar-refractivity contribution in [2.24, 2.45) is 5.92 Å². The Kier molecular flexibility index (Phi) is 3.67. The number of aromatic nitrogens is 2. The third-order valence-corrected chi connectivity index (χ3v) is 4.63. The molecule has 0 spiro atoms. The lowest BCUT2D eigenvalue weighted by Crippen LogP contribution is -2.16. The largest absolute Gasteiger partial charge is 0.324 e. The number of rotatable bonds is 3. The molecule has 5 heteroatoms. The van der Waals surface area contributed by atoms with Gasteiger partial charge in [0.1, 0.15) is 17.2 Å². The predicted octanol–water partition coefficient (Wildman–Crippen LogP) is 4.80. The number of hydrogen-bond donors (Lipinski definition) is 0. The van der Waals surface area contributed by atoms with Crippen LogP contribution in [0.2, 0.25) is 0 Å². The molecule has 2 nitrogen and oxygen atoms in total. The Morgan fingerprint density at radius 3 is 2.70 bits per heavy atom. The first-order chi connectivity index (χ1) is 9.61. The van der Waals surface area contributed by atoms with Gasteiger partial charge in [-0.1, -0.05) is 12.8 Å². The van der Waals surface area contributed by atoms with Crippen molar-refractivity contribution in [3.05, 3.63) is 29.6 Å². The zero-order valence-electron chi connectivity index (χ0n) is 11.4. The first-order valence-corrected chi connectivity index (χ1v) is 7.57. The van der Waals surface area contributed by atoms with E-state index in [2.05, 4.69) is 11.9 Å². The zero-order chi connectivity index (χ0) is 14.3. The highest BCUT2D eigenvalue weighted by atomic mass is 35.5. The number of nitrogens with zero attached hydrogens (tertiary/aromatic N) is 2. The van der Waals surface area contributed by atoms with Gasteiger partial charge in [0.05, 0.1) is 11.4 Å². The average Bonchev–Trinajstić information content (AvgIpc) is 3.04. The highest BCUT2D eigenvalue weighted by molar-refractivity contribution is 6.16. The van der Waals surface area contributed by atoms with E-state index in [0.717, 1.165) is 18.9 Å². The van der Waals surface area contributed by atoms with Crippen molar-refractivity contribution in [1.29, 1.82) is 0 Å². The summed E-state index contributed by atoms with van der Waals surface area (Å²) in [5, 5.41) is 0. The second-order valence-corrected chi connectivity index (χ2v) is 5.84. The number of hydrogen-bond acceptors (Lipinski definition) is 1. The molecule has 1 fully saturated rings.